The topological polar surface area (TPSA) is 37.8 Å². The standard InChI is InChI=1S/C13H21N3/c1-4-11-6-7-12(10(11)3)14-13-8-5-9(2)15-16-13/h5,8,10-12H,4,6-7H2,1-3H3,(H,14,16). The van der Waals surface area contributed by atoms with E-state index in [9.17, 15) is 0 Å². The Morgan fingerprint density at radius 1 is 1.31 bits per heavy atom. The molecule has 0 amide bonds. The summed E-state index contributed by atoms with van der Waals surface area (Å²) in [6.45, 7) is 6.60. The van der Waals surface area contributed by atoms with E-state index in [2.05, 4.69) is 29.4 Å². The van der Waals surface area contributed by atoms with Crippen molar-refractivity contribution in [2.75, 3.05) is 5.32 Å². The first-order valence-corrected chi connectivity index (χ1v) is 6.27. The van der Waals surface area contributed by atoms with Gasteiger partial charge < -0.3 is 5.32 Å². The minimum Gasteiger partial charge on any atom is -0.366 e. The maximum Gasteiger partial charge on any atom is 0.148 e. The zero-order chi connectivity index (χ0) is 11.5. The van der Waals surface area contributed by atoms with Crippen LogP contribution in [0.4, 0.5) is 5.82 Å². The maximum atomic E-state index is 4.17. The van der Waals surface area contributed by atoms with E-state index in [1.54, 1.807) is 0 Å². The molecule has 1 aromatic heterocycles. The summed E-state index contributed by atoms with van der Waals surface area (Å²) in [5.41, 5.74) is 0.969. The van der Waals surface area contributed by atoms with Crippen LogP contribution in [0.1, 0.15) is 38.8 Å². The van der Waals surface area contributed by atoms with Crippen LogP contribution in [0.3, 0.4) is 0 Å². The normalized spacial score (nSPS) is 29.3. The van der Waals surface area contributed by atoms with Gasteiger partial charge in [0.2, 0.25) is 0 Å². The fourth-order valence-corrected chi connectivity index (χ4v) is 2.69. The third kappa shape index (κ3) is 2.34. The smallest absolute Gasteiger partial charge is 0.148 e. The summed E-state index contributed by atoms with van der Waals surface area (Å²) in [7, 11) is 0. The summed E-state index contributed by atoms with van der Waals surface area (Å²) in [6.07, 6.45) is 3.89. The molecule has 1 aliphatic carbocycles. The van der Waals surface area contributed by atoms with Gasteiger partial charge in [-0.1, -0.05) is 20.3 Å². The lowest BCUT2D eigenvalue weighted by Crippen LogP contribution is -2.25. The van der Waals surface area contributed by atoms with Crippen LogP contribution in [0.15, 0.2) is 12.1 Å². The quantitative estimate of drug-likeness (QED) is 0.849. The van der Waals surface area contributed by atoms with Gasteiger partial charge in [0.1, 0.15) is 5.82 Å². The van der Waals surface area contributed by atoms with Crippen LogP contribution in [-0.2, 0) is 0 Å². The molecule has 0 spiro atoms. The molecule has 1 saturated carbocycles. The van der Waals surface area contributed by atoms with Crippen LogP contribution in [-0.4, -0.2) is 16.2 Å². The van der Waals surface area contributed by atoms with E-state index in [0.29, 0.717) is 6.04 Å². The van der Waals surface area contributed by atoms with Crippen LogP contribution >= 0.6 is 0 Å². The van der Waals surface area contributed by atoms with Crippen molar-refractivity contribution in [1.82, 2.24) is 10.2 Å². The second-order valence-electron chi connectivity index (χ2n) is 4.92. The van der Waals surface area contributed by atoms with Gasteiger partial charge in [-0.25, -0.2) is 0 Å². The van der Waals surface area contributed by atoms with E-state index in [1.807, 2.05) is 19.1 Å². The highest BCUT2D eigenvalue weighted by Gasteiger charge is 2.31. The predicted molar refractivity (Wildman–Crippen MR) is 66.4 cm³/mol. The lowest BCUT2D eigenvalue weighted by atomic mass is 9.93. The van der Waals surface area contributed by atoms with Crippen molar-refractivity contribution < 1.29 is 0 Å². The minimum absolute atomic E-state index is 0.571. The second kappa shape index (κ2) is 4.81. The number of aromatic nitrogens is 2. The highest BCUT2D eigenvalue weighted by Crippen LogP contribution is 2.35. The molecule has 0 aliphatic heterocycles. The fourth-order valence-electron chi connectivity index (χ4n) is 2.69. The van der Waals surface area contributed by atoms with E-state index in [0.717, 1.165) is 23.3 Å². The van der Waals surface area contributed by atoms with Crippen LogP contribution in [0, 0.1) is 18.8 Å². The highest BCUT2D eigenvalue weighted by atomic mass is 15.2. The first kappa shape index (κ1) is 11.4. The number of hydrogen-bond acceptors (Lipinski definition) is 3. The Hall–Kier alpha value is -1.12. The van der Waals surface area contributed by atoms with Crippen molar-refractivity contribution >= 4 is 5.82 Å². The minimum atomic E-state index is 0.571. The molecule has 0 bridgehead atoms. The third-order valence-corrected chi connectivity index (χ3v) is 3.88. The zero-order valence-corrected chi connectivity index (χ0v) is 10.4. The van der Waals surface area contributed by atoms with Crippen molar-refractivity contribution in [3.05, 3.63) is 17.8 Å². The molecule has 1 aromatic rings. The van der Waals surface area contributed by atoms with Gasteiger partial charge in [-0.05, 0) is 43.7 Å². The second-order valence-corrected chi connectivity index (χ2v) is 4.92. The lowest BCUT2D eigenvalue weighted by molar-refractivity contribution is 0.391. The van der Waals surface area contributed by atoms with Gasteiger partial charge in [0.25, 0.3) is 0 Å². The average molecular weight is 219 g/mol. The SMILES string of the molecule is CCC1CCC(Nc2ccc(C)nn2)C1C. The van der Waals surface area contributed by atoms with Gasteiger partial charge in [-0.2, -0.15) is 5.10 Å². The molecule has 0 saturated heterocycles. The molecule has 1 fully saturated rings. The number of rotatable bonds is 3. The highest BCUT2D eigenvalue weighted by molar-refractivity contribution is 5.34. The van der Waals surface area contributed by atoms with Crippen molar-refractivity contribution in [3.63, 3.8) is 0 Å². The van der Waals surface area contributed by atoms with E-state index >= 15 is 0 Å². The molecule has 1 N–H and O–H groups in total. The molecule has 2 rings (SSSR count). The molecular weight excluding hydrogens is 198 g/mol. The molecule has 16 heavy (non-hydrogen) atoms. The zero-order valence-electron chi connectivity index (χ0n) is 10.4. The number of nitrogens with zero attached hydrogens (tertiary/aromatic N) is 2. The summed E-state index contributed by atoms with van der Waals surface area (Å²) in [5, 5.41) is 11.7. The molecule has 1 aliphatic rings. The largest absolute Gasteiger partial charge is 0.366 e. The van der Waals surface area contributed by atoms with Gasteiger partial charge in [0.05, 0.1) is 5.69 Å². The Bertz CT molecular complexity index is 334. The molecule has 0 aromatic carbocycles. The van der Waals surface area contributed by atoms with Gasteiger partial charge in [-0.3, -0.25) is 0 Å². The molecule has 3 heteroatoms. The van der Waals surface area contributed by atoms with Crippen LogP contribution in [0.25, 0.3) is 0 Å². The number of aryl methyl sites for hydroxylation is 1. The van der Waals surface area contributed by atoms with E-state index in [4.69, 9.17) is 0 Å². The van der Waals surface area contributed by atoms with Crippen LogP contribution in [0.2, 0.25) is 0 Å². The van der Waals surface area contributed by atoms with Crippen molar-refractivity contribution in [1.29, 1.82) is 0 Å². The van der Waals surface area contributed by atoms with E-state index in [-0.39, 0.29) is 0 Å². The third-order valence-electron chi connectivity index (χ3n) is 3.88. The Labute approximate surface area is 97.7 Å². The van der Waals surface area contributed by atoms with E-state index in [1.165, 1.54) is 19.3 Å². The predicted octanol–water partition coefficient (Wildman–Crippen LogP) is 3.02. The molecule has 3 nitrogen and oxygen atoms in total. The van der Waals surface area contributed by atoms with Gasteiger partial charge in [0.15, 0.2) is 0 Å². The first-order chi connectivity index (χ1) is 7.70. The molecule has 1 heterocycles. The van der Waals surface area contributed by atoms with Crippen molar-refractivity contribution in [2.45, 2.75) is 46.1 Å². The van der Waals surface area contributed by atoms with E-state index < -0.39 is 0 Å². The maximum absolute atomic E-state index is 4.17. The number of hydrogen-bond donors (Lipinski definition) is 1. The molecule has 3 unspecified atom stereocenters. The summed E-state index contributed by atoms with van der Waals surface area (Å²) in [5.74, 6) is 2.53. The Morgan fingerprint density at radius 3 is 2.69 bits per heavy atom. The lowest BCUT2D eigenvalue weighted by Gasteiger charge is -2.21. The summed E-state index contributed by atoms with van der Waals surface area (Å²) < 4.78 is 0. The van der Waals surface area contributed by atoms with Gasteiger partial charge >= 0.3 is 0 Å². The summed E-state index contributed by atoms with van der Waals surface area (Å²) >= 11 is 0. The van der Waals surface area contributed by atoms with Gasteiger partial charge in [0, 0.05) is 6.04 Å². The van der Waals surface area contributed by atoms with Crippen molar-refractivity contribution in [3.8, 4) is 0 Å². The van der Waals surface area contributed by atoms with Crippen LogP contribution < -0.4 is 5.32 Å². The molecule has 0 radical (unpaired) electrons. The Kier molecular flexibility index (Phi) is 3.42. The number of anilines is 1. The van der Waals surface area contributed by atoms with Gasteiger partial charge in [-0.15, -0.1) is 5.10 Å². The molecule has 3 atom stereocenters. The first-order valence-electron chi connectivity index (χ1n) is 6.27. The summed E-state index contributed by atoms with van der Waals surface area (Å²) in [6, 6.07) is 4.60. The fraction of sp³-hybridized carbons (Fsp3) is 0.692. The summed E-state index contributed by atoms with van der Waals surface area (Å²) in [4.78, 5) is 0. The molecular formula is C13H21N3. The number of nitrogens with one attached hydrogen (secondary N) is 1. The average Bonchev–Trinajstić information content (AvgIpc) is 2.63. The van der Waals surface area contributed by atoms with Crippen molar-refractivity contribution in [2.24, 2.45) is 11.8 Å². The van der Waals surface area contributed by atoms with Crippen LogP contribution in [0.5, 0.6) is 0 Å². The Morgan fingerprint density at radius 2 is 2.12 bits per heavy atom. The molecule has 88 valence electrons. The monoisotopic (exact) mass is 219 g/mol. The Balaban J connectivity index is 1.98.